The summed E-state index contributed by atoms with van der Waals surface area (Å²) in [4.78, 5) is 24.2. The summed E-state index contributed by atoms with van der Waals surface area (Å²) < 4.78 is 14.8. The topological polar surface area (TPSA) is 64.0 Å². The number of aryl methyl sites for hydroxylation is 1. The van der Waals surface area contributed by atoms with E-state index in [1.54, 1.807) is 49.5 Å². The summed E-state index contributed by atoms with van der Waals surface area (Å²) >= 11 is 0. The van der Waals surface area contributed by atoms with E-state index in [2.05, 4.69) is 10.4 Å². The Labute approximate surface area is 137 Å². The number of nitrogens with zero attached hydrogens (tertiary/aromatic N) is 2. The molecule has 0 spiro atoms. The smallest absolute Gasteiger partial charge is 0.274 e. The van der Waals surface area contributed by atoms with Crippen molar-refractivity contribution in [3.63, 3.8) is 0 Å². The maximum Gasteiger partial charge on any atom is 0.274 e. The molecule has 0 saturated heterocycles. The minimum absolute atomic E-state index is 0.0170. The molecule has 3 aromatic rings. The third kappa shape index (κ3) is 3.17. The zero-order chi connectivity index (χ0) is 17.1. The Morgan fingerprint density at radius 2 is 1.79 bits per heavy atom. The molecule has 0 radical (unpaired) electrons. The van der Waals surface area contributed by atoms with Gasteiger partial charge >= 0.3 is 0 Å². The molecule has 122 valence electrons. The minimum atomic E-state index is -0.358. The summed E-state index contributed by atoms with van der Waals surface area (Å²) in [5, 5.41) is 8.04. The highest BCUT2D eigenvalue weighted by Gasteiger charge is 2.12. The predicted molar refractivity (Wildman–Crippen MR) is 88.9 cm³/mol. The average molecular weight is 325 g/mol. The van der Waals surface area contributed by atoms with Crippen molar-refractivity contribution >= 4 is 16.7 Å². The quantitative estimate of drug-likeness (QED) is 0.797. The summed E-state index contributed by atoms with van der Waals surface area (Å²) in [6.45, 7) is 0.106. The van der Waals surface area contributed by atoms with E-state index in [1.807, 2.05) is 0 Å². The van der Waals surface area contributed by atoms with Crippen molar-refractivity contribution in [1.82, 2.24) is 15.1 Å². The molecule has 1 N–H and O–H groups in total. The van der Waals surface area contributed by atoms with Crippen molar-refractivity contribution in [3.05, 3.63) is 76.0 Å². The van der Waals surface area contributed by atoms with Crippen LogP contribution in [0.4, 0.5) is 4.39 Å². The van der Waals surface area contributed by atoms with Gasteiger partial charge in [-0.15, -0.1) is 0 Å². The zero-order valence-corrected chi connectivity index (χ0v) is 13.1. The molecule has 1 aromatic heterocycles. The largest absolute Gasteiger partial charge is 0.352 e. The lowest BCUT2D eigenvalue weighted by Gasteiger charge is -2.09. The van der Waals surface area contributed by atoms with E-state index in [0.29, 0.717) is 22.0 Å². The molecule has 0 aliphatic rings. The number of hydrogen-bond acceptors (Lipinski definition) is 3. The number of carbonyl (C=O) groups is 1. The number of amides is 1. The van der Waals surface area contributed by atoms with Gasteiger partial charge in [0.25, 0.3) is 5.56 Å². The van der Waals surface area contributed by atoms with Gasteiger partial charge in [-0.1, -0.05) is 36.4 Å². The minimum Gasteiger partial charge on any atom is -0.352 e. The van der Waals surface area contributed by atoms with Gasteiger partial charge in [0.05, 0.1) is 17.5 Å². The number of rotatable bonds is 4. The molecule has 0 saturated carbocycles. The van der Waals surface area contributed by atoms with Crippen LogP contribution < -0.4 is 10.9 Å². The third-order valence-electron chi connectivity index (χ3n) is 3.79. The van der Waals surface area contributed by atoms with Crippen molar-refractivity contribution in [2.24, 2.45) is 7.05 Å². The van der Waals surface area contributed by atoms with E-state index in [4.69, 9.17) is 0 Å². The number of hydrogen-bond donors (Lipinski definition) is 1. The molecule has 1 amide bonds. The Balaban J connectivity index is 1.80. The molecule has 0 bridgehead atoms. The molecular formula is C18H16FN3O2. The molecule has 6 heteroatoms. The van der Waals surface area contributed by atoms with Gasteiger partial charge in [-0.25, -0.2) is 9.07 Å². The first-order chi connectivity index (χ1) is 11.6. The van der Waals surface area contributed by atoms with Gasteiger partial charge in [0.1, 0.15) is 5.82 Å². The first-order valence-electron chi connectivity index (χ1n) is 7.51. The Hall–Kier alpha value is -3.02. The van der Waals surface area contributed by atoms with Crippen LogP contribution in [-0.4, -0.2) is 15.7 Å². The van der Waals surface area contributed by atoms with E-state index < -0.39 is 0 Å². The second-order valence-corrected chi connectivity index (χ2v) is 5.47. The maximum atomic E-state index is 13.6. The lowest BCUT2D eigenvalue weighted by molar-refractivity contribution is -0.120. The first kappa shape index (κ1) is 15.9. The van der Waals surface area contributed by atoms with Gasteiger partial charge in [0.15, 0.2) is 0 Å². The summed E-state index contributed by atoms with van der Waals surface area (Å²) in [6.07, 6.45) is 0.0170. The second kappa shape index (κ2) is 6.62. The number of carbonyl (C=O) groups excluding carboxylic acids is 1. The molecule has 0 unspecified atom stereocenters. The van der Waals surface area contributed by atoms with Crippen LogP contribution in [0.25, 0.3) is 10.8 Å². The van der Waals surface area contributed by atoms with Crippen molar-refractivity contribution in [1.29, 1.82) is 0 Å². The van der Waals surface area contributed by atoms with Crippen molar-refractivity contribution in [2.45, 2.75) is 13.0 Å². The van der Waals surface area contributed by atoms with Gasteiger partial charge in [0, 0.05) is 24.5 Å². The van der Waals surface area contributed by atoms with E-state index in [9.17, 15) is 14.0 Å². The monoisotopic (exact) mass is 325 g/mol. The van der Waals surface area contributed by atoms with Crippen molar-refractivity contribution in [3.8, 4) is 0 Å². The van der Waals surface area contributed by atoms with E-state index in [1.165, 1.54) is 10.7 Å². The normalized spacial score (nSPS) is 10.8. The van der Waals surface area contributed by atoms with Gasteiger partial charge in [-0.3, -0.25) is 9.59 Å². The van der Waals surface area contributed by atoms with Crippen LogP contribution in [0, 0.1) is 5.82 Å². The lowest BCUT2D eigenvalue weighted by atomic mass is 10.1. The predicted octanol–water partition coefficient (Wildman–Crippen LogP) is 1.93. The Morgan fingerprint density at radius 3 is 2.54 bits per heavy atom. The molecule has 0 aliphatic heterocycles. The molecule has 2 aromatic carbocycles. The fourth-order valence-corrected chi connectivity index (χ4v) is 2.56. The summed E-state index contributed by atoms with van der Waals surface area (Å²) in [5.74, 6) is -0.641. The summed E-state index contributed by atoms with van der Waals surface area (Å²) in [6, 6.07) is 13.3. The number of halogens is 1. The zero-order valence-electron chi connectivity index (χ0n) is 13.1. The number of fused-ring (bicyclic) bond motifs is 1. The van der Waals surface area contributed by atoms with Gasteiger partial charge in [-0.05, 0) is 12.1 Å². The molecule has 0 atom stereocenters. The Kier molecular flexibility index (Phi) is 4.37. The number of nitrogens with one attached hydrogen (secondary N) is 1. The fraction of sp³-hybridized carbons (Fsp3) is 0.167. The molecular weight excluding hydrogens is 309 g/mol. The molecule has 0 aliphatic carbocycles. The van der Waals surface area contributed by atoms with Gasteiger partial charge < -0.3 is 5.32 Å². The fourth-order valence-electron chi connectivity index (χ4n) is 2.56. The van der Waals surface area contributed by atoms with Crippen LogP contribution in [0.2, 0.25) is 0 Å². The summed E-state index contributed by atoms with van der Waals surface area (Å²) in [5.41, 5.74) is 0.726. The molecule has 5 nitrogen and oxygen atoms in total. The van der Waals surface area contributed by atoms with E-state index in [-0.39, 0.29) is 30.2 Å². The molecule has 24 heavy (non-hydrogen) atoms. The molecule has 3 rings (SSSR count). The van der Waals surface area contributed by atoms with E-state index >= 15 is 0 Å². The Morgan fingerprint density at radius 1 is 1.12 bits per heavy atom. The maximum absolute atomic E-state index is 13.6. The van der Waals surface area contributed by atoms with Crippen LogP contribution in [-0.2, 0) is 24.8 Å². The van der Waals surface area contributed by atoms with Crippen molar-refractivity contribution in [2.75, 3.05) is 0 Å². The molecule has 0 fully saturated rings. The highest BCUT2D eigenvalue weighted by atomic mass is 19.1. The molecule has 1 heterocycles. The number of benzene rings is 2. The highest BCUT2D eigenvalue weighted by Crippen LogP contribution is 2.13. The lowest BCUT2D eigenvalue weighted by Crippen LogP contribution is -2.28. The average Bonchev–Trinajstić information content (AvgIpc) is 2.59. The Bertz CT molecular complexity index is 966. The SMILES string of the molecule is Cn1nc(CC(=O)NCc2ccccc2F)c2ccccc2c1=O. The van der Waals surface area contributed by atoms with E-state index in [0.717, 1.165) is 0 Å². The second-order valence-electron chi connectivity index (χ2n) is 5.47. The van der Waals surface area contributed by atoms with Crippen LogP contribution in [0.3, 0.4) is 0 Å². The summed E-state index contributed by atoms with van der Waals surface area (Å²) in [7, 11) is 1.55. The first-order valence-corrected chi connectivity index (χ1v) is 7.51. The third-order valence-corrected chi connectivity index (χ3v) is 3.79. The van der Waals surface area contributed by atoms with Crippen LogP contribution in [0.1, 0.15) is 11.3 Å². The van der Waals surface area contributed by atoms with Crippen molar-refractivity contribution < 1.29 is 9.18 Å². The number of aromatic nitrogens is 2. The highest BCUT2D eigenvalue weighted by molar-refractivity contribution is 5.88. The van der Waals surface area contributed by atoms with Gasteiger partial charge in [0.2, 0.25) is 5.91 Å². The standard InChI is InChI=1S/C18H16FN3O2/c1-22-18(24)14-8-4-3-7-13(14)16(21-22)10-17(23)20-11-12-6-2-5-9-15(12)19/h2-9H,10-11H2,1H3,(H,20,23). The van der Waals surface area contributed by atoms with Gasteiger partial charge in [-0.2, -0.15) is 5.10 Å². The van der Waals surface area contributed by atoms with Crippen LogP contribution in [0.5, 0.6) is 0 Å². The van der Waals surface area contributed by atoms with Crippen LogP contribution in [0.15, 0.2) is 53.3 Å². The van der Waals surface area contributed by atoms with Crippen LogP contribution >= 0.6 is 0 Å².